The molecule has 0 atom stereocenters. The Balaban J connectivity index is 2.07. The molecule has 21 heavy (non-hydrogen) atoms. The summed E-state index contributed by atoms with van der Waals surface area (Å²) < 4.78 is 2.24. The maximum atomic E-state index is 6.07. The maximum Gasteiger partial charge on any atom is 0.114 e. The molecule has 0 aliphatic rings. The van der Waals surface area contributed by atoms with Crippen molar-refractivity contribution < 1.29 is 0 Å². The molecule has 2 aromatic carbocycles. The lowest BCUT2D eigenvalue weighted by Crippen LogP contribution is -2.06. The fraction of sp³-hybridized carbons (Fsp3) is 0.235. The molecule has 0 fully saturated rings. The number of nitrogens with two attached hydrogens (primary N) is 1. The third-order valence-electron chi connectivity index (χ3n) is 3.79. The van der Waals surface area contributed by atoms with E-state index >= 15 is 0 Å². The van der Waals surface area contributed by atoms with Crippen LogP contribution >= 0.6 is 11.6 Å². The van der Waals surface area contributed by atoms with E-state index in [0.717, 1.165) is 34.8 Å². The Labute approximate surface area is 129 Å². The van der Waals surface area contributed by atoms with Crippen LogP contribution in [-0.2, 0) is 19.5 Å². The van der Waals surface area contributed by atoms with Crippen molar-refractivity contribution in [3.05, 3.63) is 64.4 Å². The highest BCUT2D eigenvalue weighted by molar-refractivity contribution is 6.31. The summed E-state index contributed by atoms with van der Waals surface area (Å²) in [5.41, 5.74) is 10.3. The SMILES string of the molecule is CCn1c(Cc2ccccc2CN)nc2cc(Cl)ccc21. The molecule has 2 N–H and O–H groups in total. The lowest BCUT2D eigenvalue weighted by Gasteiger charge is -2.09. The summed E-state index contributed by atoms with van der Waals surface area (Å²) in [6.45, 7) is 3.57. The Morgan fingerprint density at radius 3 is 2.62 bits per heavy atom. The van der Waals surface area contributed by atoms with Crippen LogP contribution in [0, 0.1) is 0 Å². The van der Waals surface area contributed by atoms with E-state index in [4.69, 9.17) is 22.3 Å². The first-order chi connectivity index (χ1) is 10.2. The Hall–Kier alpha value is -1.84. The van der Waals surface area contributed by atoms with Gasteiger partial charge < -0.3 is 10.3 Å². The lowest BCUT2D eigenvalue weighted by atomic mass is 10.0. The van der Waals surface area contributed by atoms with Crippen LogP contribution in [-0.4, -0.2) is 9.55 Å². The van der Waals surface area contributed by atoms with Gasteiger partial charge in [-0.1, -0.05) is 35.9 Å². The molecular formula is C17H18ClN3. The molecule has 0 saturated carbocycles. The predicted octanol–water partition coefficient (Wildman–Crippen LogP) is 3.76. The van der Waals surface area contributed by atoms with Gasteiger partial charge in [-0.25, -0.2) is 4.98 Å². The normalized spacial score (nSPS) is 11.2. The summed E-state index contributed by atoms with van der Waals surface area (Å²) in [6, 6.07) is 14.1. The summed E-state index contributed by atoms with van der Waals surface area (Å²) in [5, 5.41) is 0.720. The second-order valence-electron chi connectivity index (χ2n) is 5.05. The van der Waals surface area contributed by atoms with E-state index in [0.29, 0.717) is 6.54 Å². The highest BCUT2D eigenvalue weighted by Gasteiger charge is 2.11. The number of benzene rings is 2. The van der Waals surface area contributed by atoms with Crippen LogP contribution in [0.15, 0.2) is 42.5 Å². The minimum Gasteiger partial charge on any atom is -0.328 e. The zero-order chi connectivity index (χ0) is 14.8. The van der Waals surface area contributed by atoms with Crippen LogP contribution in [0.5, 0.6) is 0 Å². The third kappa shape index (κ3) is 2.67. The van der Waals surface area contributed by atoms with Crippen LogP contribution in [0.4, 0.5) is 0 Å². The van der Waals surface area contributed by atoms with Crippen molar-refractivity contribution in [3.8, 4) is 0 Å². The average molecular weight is 300 g/mol. The highest BCUT2D eigenvalue weighted by atomic mass is 35.5. The largest absolute Gasteiger partial charge is 0.328 e. The maximum absolute atomic E-state index is 6.07. The number of halogens is 1. The van der Waals surface area contributed by atoms with Crippen molar-refractivity contribution in [1.82, 2.24) is 9.55 Å². The number of hydrogen-bond acceptors (Lipinski definition) is 2. The molecule has 108 valence electrons. The molecule has 0 aliphatic carbocycles. The van der Waals surface area contributed by atoms with Crippen LogP contribution in [0.25, 0.3) is 11.0 Å². The number of rotatable bonds is 4. The van der Waals surface area contributed by atoms with Gasteiger partial charge in [0.2, 0.25) is 0 Å². The summed E-state index contributed by atoms with van der Waals surface area (Å²) >= 11 is 6.07. The van der Waals surface area contributed by atoms with Gasteiger partial charge in [0.1, 0.15) is 5.82 Å². The third-order valence-corrected chi connectivity index (χ3v) is 4.03. The van der Waals surface area contributed by atoms with Gasteiger partial charge in [0.15, 0.2) is 0 Å². The van der Waals surface area contributed by atoms with E-state index < -0.39 is 0 Å². The van der Waals surface area contributed by atoms with Crippen molar-refractivity contribution in [1.29, 1.82) is 0 Å². The minimum atomic E-state index is 0.550. The molecular weight excluding hydrogens is 282 g/mol. The van der Waals surface area contributed by atoms with E-state index in [-0.39, 0.29) is 0 Å². The number of imidazole rings is 1. The Morgan fingerprint density at radius 1 is 1.14 bits per heavy atom. The molecule has 0 unspecified atom stereocenters. The number of hydrogen-bond donors (Lipinski definition) is 1. The quantitative estimate of drug-likeness (QED) is 0.797. The van der Waals surface area contributed by atoms with Crippen molar-refractivity contribution in [2.75, 3.05) is 0 Å². The molecule has 0 saturated heterocycles. The monoisotopic (exact) mass is 299 g/mol. The molecule has 0 amide bonds. The standard InChI is InChI=1S/C17H18ClN3/c1-2-21-16-8-7-14(18)10-15(16)20-17(21)9-12-5-3-4-6-13(12)11-19/h3-8,10H,2,9,11,19H2,1H3. The molecule has 0 spiro atoms. The van der Waals surface area contributed by atoms with Crippen LogP contribution in [0.3, 0.4) is 0 Å². The van der Waals surface area contributed by atoms with Crippen LogP contribution in [0.2, 0.25) is 5.02 Å². The van der Waals surface area contributed by atoms with E-state index in [1.165, 1.54) is 11.1 Å². The number of aromatic nitrogens is 2. The van der Waals surface area contributed by atoms with E-state index in [2.05, 4.69) is 23.6 Å². The molecule has 4 heteroatoms. The van der Waals surface area contributed by atoms with Crippen LogP contribution in [0.1, 0.15) is 23.9 Å². The van der Waals surface area contributed by atoms with Gasteiger partial charge in [-0.2, -0.15) is 0 Å². The van der Waals surface area contributed by atoms with Gasteiger partial charge in [0.25, 0.3) is 0 Å². The predicted molar refractivity (Wildman–Crippen MR) is 87.6 cm³/mol. The Morgan fingerprint density at radius 2 is 1.90 bits per heavy atom. The zero-order valence-electron chi connectivity index (χ0n) is 12.0. The smallest absolute Gasteiger partial charge is 0.114 e. The van der Waals surface area contributed by atoms with Gasteiger partial charge in [-0.05, 0) is 36.2 Å². The number of nitrogens with zero attached hydrogens (tertiary/aromatic N) is 2. The molecule has 0 radical (unpaired) electrons. The second-order valence-corrected chi connectivity index (χ2v) is 5.49. The lowest BCUT2D eigenvalue weighted by molar-refractivity contribution is 0.731. The molecule has 3 nitrogen and oxygen atoms in total. The fourth-order valence-corrected chi connectivity index (χ4v) is 2.91. The first kappa shape index (κ1) is 14.1. The molecule has 1 aromatic heterocycles. The molecule has 3 rings (SSSR count). The van der Waals surface area contributed by atoms with Crippen molar-refractivity contribution in [2.24, 2.45) is 5.73 Å². The van der Waals surface area contributed by atoms with Crippen LogP contribution < -0.4 is 5.73 Å². The van der Waals surface area contributed by atoms with Gasteiger partial charge in [-0.3, -0.25) is 0 Å². The van der Waals surface area contributed by atoms with Crippen molar-refractivity contribution >= 4 is 22.6 Å². The molecule has 0 aliphatic heterocycles. The molecule has 0 bridgehead atoms. The van der Waals surface area contributed by atoms with E-state index in [9.17, 15) is 0 Å². The second kappa shape index (κ2) is 5.88. The van der Waals surface area contributed by atoms with Gasteiger partial charge in [0.05, 0.1) is 11.0 Å². The van der Waals surface area contributed by atoms with Gasteiger partial charge in [0, 0.05) is 24.5 Å². The summed E-state index contributed by atoms with van der Waals surface area (Å²) in [7, 11) is 0. The first-order valence-corrected chi connectivity index (χ1v) is 7.52. The summed E-state index contributed by atoms with van der Waals surface area (Å²) in [4.78, 5) is 4.75. The Bertz CT molecular complexity index is 777. The van der Waals surface area contributed by atoms with Crippen molar-refractivity contribution in [2.45, 2.75) is 26.4 Å². The molecule has 1 heterocycles. The molecule has 3 aromatic rings. The summed E-state index contributed by atoms with van der Waals surface area (Å²) in [6.07, 6.45) is 0.785. The number of fused-ring (bicyclic) bond motifs is 1. The first-order valence-electron chi connectivity index (χ1n) is 7.14. The van der Waals surface area contributed by atoms with E-state index in [1.807, 2.05) is 30.3 Å². The van der Waals surface area contributed by atoms with Crippen molar-refractivity contribution in [3.63, 3.8) is 0 Å². The number of aryl methyl sites for hydroxylation is 1. The Kier molecular flexibility index (Phi) is 3.95. The van der Waals surface area contributed by atoms with E-state index in [1.54, 1.807) is 0 Å². The minimum absolute atomic E-state index is 0.550. The highest BCUT2D eigenvalue weighted by Crippen LogP contribution is 2.23. The summed E-state index contributed by atoms with van der Waals surface area (Å²) in [5.74, 6) is 1.05. The topological polar surface area (TPSA) is 43.8 Å². The average Bonchev–Trinajstić information content (AvgIpc) is 2.83. The van der Waals surface area contributed by atoms with Gasteiger partial charge >= 0.3 is 0 Å². The zero-order valence-corrected chi connectivity index (χ0v) is 12.8. The fourth-order valence-electron chi connectivity index (χ4n) is 2.74. The van der Waals surface area contributed by atoms with Gasteiger partial charge in [-0.15, -0.1) is 0 Å².